The number of hydrogen-bond donors (Lipinski definition) is 0. The zero-order valence-corrected chi connectivity index (χ0v) is 14.5. The molecule has 0 aliphatic carbocycles. The third-order valence-corrected chi connectivity index (χ3v) is 5.06. The summed E-state index contributed by atoms with van der Waals surface area (Å²) in [5, 5.41) is 9.01. The first kappa shape index (κ1) is 19.1. The molecule has 1 aromatic rings. The van der Waals surface area contributed by atoms with Crippen LogP contribution in [0.4, 0.5) is 18.0 Å². The van der Waals surface area contributed by atoms with E-state index in [0.29, 0.717) is 16.0 Å². The summed E-state index contributed by atoms with van der Waals surface area (Å²) in [5.41, 5.74) is 1.72. The average molecular weight is 371 g/mol. The number of thioether (sulfide) groups is 1. The zero-order chi connectivity index (χ0) is 18.8. The van der Waals surface area contributed by atoms with E-state index in [1.807, 2.05) is 6.07 Å². The molecule has 0 N–H and O–H groups in total. The van der Waals surface area contributed by atoms with Crippen molar-refractivity contribution >= 4 is 22.9 Å². The molecule has 0 saturated heterocycles. The summed E-state index contributed by atoms with van der Waals surface area (Å²) in [6, 6.07) is 5.26. The van der Waals surface area contributed by atoms with Gasteiger partial charge >= 0.3 is 12.1 Å². The number of amides is 2. The van der Waals surface area contributed by atoms with Gasteiger partial charge in [0, 0.05) is 32.1 Å². The Morgan fingerprint density at radius 2 is 1.88 bits per heavy atom. The molecule has 134 valence electrons. The van der Waals surface area contributed by atoms with E-state index in [-0.39, 0.29) is 31.2 Å². The van der Waals surface area contributed by atoms with E-state index in [2.05, 4.69) is 0 Å². The molecule has 2 amide bonds. The van der Waals surface area contributed by atoms with Crippen molar-refractivity contribution in [3.63, 3.8) is 0 Å². The van der Waals surface area contributed by atoms with Gasteiger partial charge in [-0.1, -0.05) is 6.07 Å². The lowest BCUT2D eigenvalue weighted by Gasteiger charge is -2.21. The molecule has 0 radical (unpaired) electrons. The number of nitriles is 1. The van der Waals surface area contributed by atoms with Crippen molar-refractivity contribution in [3.05, 3.63) is 28.8 Å². The fourth-order valence-corrected chi connectivity index (χ4v) is 3.49. The van der Waals surface area contributed by atoms with E-state index >= 15 is 0 Å². The zero-order valence-electron chi connectivity index (χ0n) is 13.7. The summed E-state index contributed by atoms with van der Waals surface area (Å²) in [7, 11) is 3.15. The van der Waals surface area contributed by atoms with Gasteiger partial charge in [-0.3, -0.25) is 9.59 Å². The Labute approximate surface area is 147 Å². The van der Waals surface area contributed by atoms with Gasteiger partial charge < -0.3 is 9.80 Å². The monoisotopic (exact) mass is 371 g/mol. The van der Waals surface area contributed by atoms with Gasteiger partial charge in [0.05, 0.1) is 5.56 Å². The first-order chi connectivity index (χ1) is 11.6. The van der Waals surface area contributed by atoms with Crippen molar-refractivity contribution in [2.45, 2.75) is 23.9 Å². The number of hydrogen-bond acceptors (Lipinski definition) is 4. The van der Waals surface area contributed by atoms with E-state index in [4.69, 9.17) is 0 Å². The first-order valence-corrected chi connectivity index (χ1v) is 8.27. The summed E-state index contributed by atoms with van der Waals surface area (Å²) in [6.07, 6.45) is -4.50. The van der Waals surface area contributed by atoms with Gasteiger partial charge in [0.2, 0.25) is 0 Å². The van der Waals surface area contributed by atoms with Gasteiger partial charge in [-0.15, -0.1) is 0 Å². The molecule has 2 rings (SSSR count). The van der Waals surface area contributed by atoms with Crippen molar-refractivity contribution in [1.82, 2.24) is 9.80 Å². The second-order valence-corrected chi connectivity index (χ2v) is 6.71. The van der Waals surface area contributed by atoms with Crippen molar-refractivity contribution < 1.29 is 22.8 Å². The molecule has 0 aromatic heterocycles. The molecule has 1 aliphatic heterocycles. The minimum Gasteiger partial charge on any atom is -0.339 e. The van der Waals surface area contributed by atoms with E-state index in [1.165, 1.54) is 4.90 Å². The van der Waals surface area contributed by atoms with Gasteiger partial charge in [0.15, 0.2) is 0 Å². The van der Waals surface area contributed by atoms with Gasteiger partial charge in [-0.2, -0.15) is 18.4 Å². The topological polar surface area (TPSA) is 64.4 Å². The largest absolute Gasteiger partial charge is 0.471 e. The Morgan fingerprint density at radius 3 is 2.44 bits per heavy atom. The Morgan fingerprint density at radius 1 is 1.24 bits per heavy atom. The quantitative estimate of drug-likeness (QED) is 0.712. The Bertz CT molecular complexity index is 741. The van der Waals surface area contributed by atoms with Crippen LogP contribution < -0.4 is 0 Å². The summed E-state index contributed by atoms with van der Waals surface area (Å²) >= 11 is 0.881. The highest BCUT2D eigenvalue weighted by Gasteiger charge is 2.42. The summed E-state index contributed by atoms with van der Waals surface area (Å²) < 4.78 is 38.0. The van der Waals surface area contributed by atoms with Crippen LogP contribution in [0.2, 0.25) is 0 Å². The van der Waals surface area contributed by atoms with E-state index in [1.54, 1.807) is 26.2 Å². The lowest BCUT2D eigenvalue weighted by Crippen LogP contribution is -2.42. The number of benzene rings is 1. The third kappa shape index (κ3) is 4.25. The van der Waals surface area contributed by atoms with Crippen LogP contribution in [0, 0.1) is 11.3 Å². The highest BCUT2D eigenvalue weighted by Crippen LogP contribution is 2.33. The molecule has 0 spiro atoms. The Kier molecular flexibility index (Phi) is 5.62. The molecule has 9 heteroatoms. The maximum Gasteiger partial charge on any atom is 0.471 e. The van der Waals surface area contributed by atoms with Crippen molar-refractivity contribution in [3.8, 4) is 6.07 Å². The van der Waals surface area contributed by atoms with Crippen LogP contribution in [-0.4, -0.2) is 54.3 Å². The lowest BCUT2D eigenvalue weighted by molar-refractivity contribution is -0.185. The maximum absolute atomic E-state index is 12.7. The van der Waals surface area contributed by atoms with Crippen LogP contribution >= 0.6 is 11.8 Å². The third-order valence-electron chi connectivity index (χ3n) is 3.84. The summed E-state index contributed by atoms with van der Waals surface area (Å²) in [5.74, 6) is -1.86. The van der Waals surface area contributed by atoms with Crippen LogP contribution in [0.5, 0.6) is 0 Å². The van der Waals surface area contributed by atoms with E-state index in [0.717, 1.165) is 22.2 Å². The maximum atomic E-state index is 12.7. The minimum atomic E-state index is -4.91. The second-order valence-electron chi connectivity index (χ2n) is 5.74. The molecule has 0 unspecified atom stereocenters. The van der Waals surface area contributed by atoms with Crippen molar-refractivity contribution in [1.29, 1.82) is 5.26 Å². The average Bonchev–Trinajstić information content (AvgIpc) is 2.76. The fourth-order valence-electron chi connectivity index (χ4n) is 2.56. The number of alkyl halides is 3. The molecule has 1 aliphatic rings. The normalized spacial score (nSPS) is 14.3. The number of rotatable bonds is 1. The molecule has 0 atom stereocenters. The molecule has 0 bridgehead atoms. The van der Waals surface area contributed by atoms with Gasteiger partial charge in [0.1, 0.15) is 6.07 Å². The Balaban J connectivity index is 2.35. The summed E-state index contributed by atoms with van der Waals surface area (Å²) in [4.78, 5) is 26.1. The SMILES string of the molecule is CN(C)C(=O)Sc1c(C#N)ccc2c1CCN(C(=O)C(F)(F)F)CC2. The molecular formula is C16H16F3N3O2S. The summed E-state index contributed by atoms with van der Waals surface area (Å²) in [6.45, 7) is -0.160. The molecule has 1 heterocycles. The number of halogens is 3. The lowest BCUT2D eigenvalue weighted by atomic mass is 10.0. The van der Waals surface area contributed by atoms with Crippen LogP contribution in [-0.2, 0) is 17.6 Å². The van der Waals surface area contributed by atoms with Crippen LogP contribution in [0.15, 0.2) is 17.0 Å². The fraction of sp³-hybridized carbons (Fsp3) is 0.438. The molecular weight excluding hydrogens is 355 g/mol. The minimum absolute atomic E-state index is 0.0526. The number of carbonyl (C=O) groups excluding carboxylic acids is 2. The molecule has 25 heavy (non-hydrogen) atoms. The van der Waals surface area contributed by atoms with Gasteiger partial charge in [-0.05, 0) is 41.8 Å². The second kappa shape index (κ2) is 7.35. The predicted octanol–water partition coefficient (Wildman–Crippen LogP) is 2.82. The highest BCUT2D eigenvalue weighted by molar-refractivity contribution is 8.13. The van der Waals surface area contributed by atoms with E-state index in [9.17, 15) is 28.0 Å². The van der Waals surface area contributed by atoms with Crippen molar-refractivity contribution in [2.24, 2.45) is 0 Å². The van der Waals surface area contributed by atoms with Crippen LogP contribution in [0.25, 0.3) is 0 Å². The van der Waals surface area contributed by atoms with Gasteiger partial charge in [-0.25, -0.2) is 0 Å². The highest BCUT2D eigenvalue weighted by atomic mass is 32.2. The smallest absolute Gasteiger partial charge is 0.339 e. The van der Waals surface area contributed by atoms with E-state index < -0.39 is 12.1 Å². The molecule has 0 saturated carbocycles. The molecule has 0 fully saturated rings. The molecule has 5 nitrogen and oxygen atoms in total. The number of carbonyl (C=O) groups is 2. The standard InChI is InChI=1S/C16H16F3N3O2S/c1-21(2)15(24)25-13-11(9-20)4-3-10-5-7-22(8-6-12(10)13)14(23)16(17,18)19/h3-4H,5-8H2,1-2H3. The van der Waals surface area contributed by atoms with Crippen molar-refractivity contribution in [2.75, 3.05) is 27.2 Å². The molecule has 1 aromatic carbocycles. The number of nitrogens with zero attached hydrogens (tertiary/aromatic N) is 3. The Hall–Kier alpha value is -2.21. The number of fused-ring (bicyclic) bond motifs is 1. The van der Waals surface area contributed by atoms with Crippen LogP contribution in [0.1, 0.15) is 16.7 Å². The van der Waals surface area contributed by atoms with Gasteiger partial charge in [0.25, 0.3) is 5.24 Å². The van der Waals surface area contributed by atoms with Crippen LogP contribution in [0.3, 0.4) is 0 Å². The predicted molar refractivity (Wildman–Crippen MR) is 86.1 cm³/mol. The first-order valence-electron chi connectivity index (χ1n) is 7.45.